The monoisotopic (exact) mass is 480 g/mol. The van der Waals surface area contributed by atoms with Crippen molar-refractivity contribution in [2.24, 2.45) is 0 Å². The van der Waals surface area contributed by atoms with Crippen LogP contribution in [0.15, 0.2) is 58.6 Å². The molecule has 0 unspecified atom stereocenters. The zero-order valence-corrected chi connectivity index (χ0v) is 19.7. The number of hydrogen-bond donors (Lipinski definition) is 1. The predicted molar refractivity (Wildman–Crippen MR) is 132 cm³/mol. The largest absolute Gasteiger partial charge is 0.376 e. The maximum Gasteiger partial charge on any atom is 0.272 e. The molecule has 4 aromatic rings. The van der Waals surface area contributed by atoms with Crippen LogP contribution in [0.1, 0.15) is 25.0 Å². The summed E-state index contributed by atoms with van der Waals surface area (Å²) in [4.78, 5) is 35.2. The smallest absolute Gasteiger partial charge is 0.272 e. The first kappa shape index (κ1) is 22.1. The number of benzene rings is 1. The third-order valence-corrected chi connectivity index (χ3v) is 7.79. The summed E-state index contributed by atoms with van der Waals surface area (Å²) in [5.74, 6) is 0.501. The van der Waals surface area contributed by atoms with E-state index in [1.54, 1.807) is 10.8 Å². The second kappa shape index (κ2) is 10.0. The molecule has 1 amide bonds. The first-order valence-electron chi connectivity index (χ1n) is 11.0. The third-order valence-electron chi connectivity index (χ3n) is 5.64. The third kappa shape index (κ3) is 4.95. The van der Waals surface area contributed by atoms with E-state index in [0.717, 1.165) is 40.7 Å². The lowest BCUT2D eigenvalue weighted by Crippen LogP contribution is -2.33. The molecule has 0 aliphatic carbocycles. The maximum absolute atomic E-state index is 13.5. The summed E-state index contributed by atoms with van der Waals surface area (Å²) in [5, 5.41) is 4.52. The molecule has 3 aromatic heterocycles. The quantitative estimate of drug-likeness (QED) is 0.303. The lowest BCUT2D eigenvalue weighted by molar-refractivity contribution is -0.121. The van der Waals surface area contributed by atoms with Crippen molar-refractivity contribution < 1.29 is 9.53 Å². The number of ether oxygens (including phenoxy) is 1. The van der Waals surface area contributed by atoms with Crippen molar-refractivity contribution in [1.82, 2.24) is 19.9 Å². The van der Waals surface area contributed by atoms with Gasteiger partial charge in [0, 0.05) is 48.2 Å². The molecule has 1 aliphatic rings. The molecule has 1 N–H and O–H groups in total. The molecule has 0 saturated carbocycles. The Morgan fingerprint density at radius 3 is 2.94 bits per heavy atom. The number of carbonyl (C=O) groups is 1. The van der Waals surface area contributed by atoms with Crippen molar-refractivity contribution in [2.45, 2.75) is 42.8 Å². The van der Waals surface area contributed by atoms with E-state index < -0.39 is 0 Å². The molecule has 1 aliphatic heterocycles. The van der Waals surface area contributed by atoms with Gasteiger partial charge in [-0.2, -0.15) is 0 Å². The molecule has 0 bridgehead atoms. The van der Waals surface area contributed by atoms with Crippen molar-refractivity contribution in [3.8, 4) is 0 Å². The summed E-state index contributed by atoms with van der Waals surface area (Å²) in [6.07, 6.45) is 4.07. The highest BCUT2D eigenvalue weighted by Gasteiger charge is 2.19. The van der Waals surface area contributed by atoms with Gasteiger partial charge in [0.25, 0.3) is 5.56 Å². The molecule has 0 spiro atoms. The maximum atomic E-state index is 13.5. The van der Waals surface area contributed by atoms with Gasteiger partial charge in [-0.3, -0.25) is 19.1 Å². The lowest BCUT2D eigenvalue weighted by atomic mass is 10.2. The fraction of sp³-hybridized carbons (Fsp3) is 0.333. The van der Waals surface area contributed by atoms with Crippen molar-refractivity contribution in [3.05, 3.63) is 64.7 Å². The fourth-order valence-corrected chi connectivity index (χ4v) is 5.94. The summed E-state index contributed by atoms with van der Waals surface area (Å²) in [5.41, 5.74) is 1.53. The van der Waals surface area contributed by atoms with Crippen LogP contribution in [0.3, 0.4) is 0 Å². The molecule has 1 atom stereocenters. The number of aromatic nitrogens is 3. The molecule has 1 saturated heterocycles. The highest BCUT2D eigenvalue weighted by molar-refractivity contribution is 7.98. The number of nitrogens with one attached hydrogen (secondary N) is 1. The summed E-state index contributed by atoms with van der Waals surface area (Å²) in [6.45, 7) is 1.55. The van der Waals surface area contributed by atoms with E-state index in [2.05, 4.69) is 10.3 Å². The Kier molecular flexibility index (Phi) is 6.70. The van der Waals surface area contributed by atoms with Crippen molar-refractivity contribution in [3.63, 3.8) is 0 Å². The Balaban J connectivity index is 1.41. The van der Waals surface area contributed by atoms with E-state index in [4.69, 9.17) is 9.72 Å². The van der Waals surface area contributed by atoms with Crippen LogP contribution in [0, 0.1) is 0 Å². The molecule has 1 aromatic carbocycles. The average Bonchev–Trinajstić information content (AvgIpc) is 3.50. The molecular formula is C24H24N4O3S2. The number of rotatable bonds is 8. The number of nitrogens with zero attached hydrogens (tertiary/aromatic N) is 3. The Morgan fingerprint density at radius 2 is 2.12 bits per heavy atom. The van der Waals surface area contributed by atoms with Crippen molar-refractivity contribution >= 4 is 49.3 Å². The second-order valence-corrected chi connectivity index (χ2v) is 9.92. The van der Waals surface area contributed by atoms with E-state index in [0.29, 0.717) is 22.2 Å². The molecule has 9 heteroatoms. The van der Waals surface area contributed by atoms with E-state index in [9.17, 15) is 9.59 Å². The van der Waals surface area contributed by atoms with Crippen LogP contribution in [0.5, 0.6) is 0 Å². The van der Waals surface area contributed by atoms with Gasteiger partial charge in [0.05, 0.1) is 17.3 Å². The molecule has 0 radical (unpaired) electrons. The second-order valence-electron chi connectivity index (χ2n) is 7.93. The van der Waals surface area contributed by atoms with E-state index in [-0.39, 0.29) is 30.5 Å². The highest BCUT2D eigenvalue weighted by Crippen LogP contribution is 2.32. The van der Waals surface area contributed by atoms with Crippen LogP contribution in [0.4, 0.5) is 0 Å². The van der Waals surface area contributed by atoms with Crippen LogP contribution >= 0.6 is 23.1 Å². The molecule has 4 heterocycles. The van der Waals surface area contributed by atoms with Crippen LogP contribution in [-0.2, 0) is 21.8 Å². The van der Waals surface area contributed by atoms with Gasteiger partial charge in [-0.1, -0.05) is 36.0 Å². The first-order valence-corrected chi connectivity index (χ1v) is 12.8. The zero-order chi connectivity index (χ0) is 22.6. The van der Waals surface area contributed by atoms with Crippen LogP contribution in [0.25, 0.3) is 20.3 Å². The number of amides is 1. The Morgan fingerprint density at radius 1 is 1.24 bits per heavy atom. The molecule has 1 fully saturated rings. The number of thioether (sulfide) groups is 1. The van der Waals surface area contributed by atoms with Gasteiger partial charge in [0.1, 0.15) is 4.70 Å². The topological polar surface area (TPSA) is 86.1 Å². The zero-order valence-electron chi connectivity index (χ0n) is 18.0. The highest BCUT2D eigenvalue weighted by atomic mass is 32.2. The number of carbonyl (C=O) groups excluding carboxylic acids is 1. The van der Waals surface area contributed by atoms with E-state index >= 15 is 0 Å². The van der Waals surface area contributed by atoms with E-state index in [1.807, 2.05) is 42.5 Å². The van der Waals surface area contributed by atoms with Gasteiger partial charge in [-0.05, 0) is 31.0 Å². The average molecular weight is 481 g/mol. The lowest BCUT2D eigenvalue weighted by Gasteiger charge is -2.13. The summed E-state index contributed by atoms with van der Waals surface area (Å²) in [7, 11) is 0. The predicted octanol–water partition coefficient (Wildman–Crippen LogP) is 3.98. The Labute approximate surface area is 199 Å². The van der Waals surface area contributed by atoms with Gasteiger partial charge in [0.15, 0.2) is 5.16 Å². The number of thiophene rings is 1. The van der Waals surface area contributed by atoms with Gasteiger partial charge in [-0.25, -0.2) is 4.98 Å². The molecule has 170 valence electrons. The minimum absolute atomic E-state index is 0.0884. The minimum Gasteiger partial charge on any atom is -0.376 e. The minimum atomic E-state index is -0.100. The van der Waals surface area contributed by atoms with Gasteiger partial charge >= 0.3 is 0 Å². The molecule has 7 nitrogen and oxygen atoms in total. The number of pyridine rings is 1. The molecule has 33 heavy (non-hydrogen) atoms. The van der Waals surface area contributed by atoms with Gasteiger partial charge in [0.2, 0.25) is 5.91 Å². The normalized spacial score (nSPS) is 15.9. The van der Waals surface area contributed by atoms with Gasteiger partial charge < -0.3 is 10.1 Å². The number of hydrogen-bond acceptors (Lipinski definition) is 7. The fourth-order valence-electron chi connectivity index (χ4n) is 3.92. The van der Waals surface area contributed by atoms with Crippen LogP contribution in [-0.4, -0.2) is 39.7 Å². The standard InChI is InChI=1S/C24H24N4O3S2/c29-20(26-14-17-7-5-13-31-17)10-12-28-23(30)22-21(18-8-1-2-9-19(18)33-22)27-24(28)32-15-16-6-3-4-11-25-16/h1-4,6,8-9,11,17H,5,7,10,12-15H2,(H,26,29)/t17-/m1/s1. The number of fused-ring (bicyclic) bond motifs is 3. The summed E-state index contributed by atoms with van der Waals surface area (Å²) >= 11 is 2.92. The van der Waals surface area contributed by atoms with Crippen molar-refractivity contribution in [2.75, 3.05) is 13.2 Å². The molecular weight excluding hydrogens is 456 g/mol. The van der Waals surface area contributed by atoms with Gasteiger partial charge in [-0.15, -0.1) is 11.3 Å². The van der Waals surface area contributed by atoms with E-state index in [1.165, 1.54) is 23.1 Å². The SMILES string of the molecule is O=C(CCn1c(SCc2ccccn2)nc2c(sc3ccccc32)c1=O)NC[C@H]1CCCO1. The summed E-state index contributed by atoms with van der Waals surface area (Å²) in [6, 6.07) is 13.7. The Hall–Kier alpha value is -2.75. The van der Waals surface area contributed by atoms with Crippen LogP contribution in [0.2, 0.25) is 0 Å². The Bertz CT molecular complexity index is 1330. The van der Waals surface area contributed by atoms with Crippen LogP contribution < -0.4 is 10.9 Å². The molecule has 5 rings (SSSR count). The summed E-state index contributed by atoms with van der Waals surface area (Å²) < 4.78 is 8.86. The first-order chi connectivity index (χ1) is 16.2. The van der Waals surface area contributed by atoms with Crippen molar-refractivity contribution in [1.29, 1.82) is 0 Å².